The molecule has 0 bridgehead atoms. The molecule has 0 aromatic heterocycles. The molecule has 0 aliphatic rings. The van der Waals surface area contributed by atoms with Crippen molar-refractivity contribution in [1.29, 1.82) is 0 Å². The van der Waals surface area contributed by atoms with E-state index in [1.54, 1.807) is 0 Å². The highest BCUT2D eigenvalue weighted by atomic mass is 16.5. The van der Waals surface area contributed by atoms with E-state index in [-0.39, 0.29) is 11.8 Å². The number of ether oxygens (including phenoxy) is 3. The van der Waals surface area contributed by atoms with E-state index >= 15 is 0 Å². The predicted molar refractivity (Wildman–Crippen MR) is 190 cm³/mol. The standard InChI is InChI=1S/C38H76N2O5/c1-3-5-7-8-9-10-11-12-13-14-15-16-17-18-19-20-21-22-23-24-25-27-37(41)40-30-32-44-34-36-45-35-33-43-31-28-38(42)39-29-26-6-4-2/h3-36H2,1-2H3,(H,39,42)(H,40,41). The van der Waals surface area contributed by atoms with Crippen LogP contribution in [0.25, 0.3) is 0 Å². The molecule has 2 N–H and O–H groups in total. The second-order valence-corrected chi connectivity index (χ2v) is 12.8. The zero-order valence-corrected chi connectivity index (χ0v) is 30.1. The van der Waals surface area contributed by atoms with Crippen molar-refractivity contribution in [2.45, 2.75) is 181 Å². The minimum Gasteiger partial charge on any atom is -0.379 e. The van der Waals surface area contributed by atoms with E-state index in [1.807, 2.05) is 0 Å². The fourth-order valence-electron chi connectivity index (χ4n) is 5.47. The fraction of sp³-hybridized carbons (Fsp3) is 0.947. The first-order valence-electron chi connectivity index (χ1n) is 19.5. The van der Waals surface area contributed by atoms with Gasteiger partial charge in [-0.25, -0.2) is 0 Å². The van der Waals surface area contributed by atoms with Crippen LogP contribution >= 0.6 is 0 Å². The number of unbranched alkanes of at least 4 members (excludes halogenated alkanes) is 22. The van der Waals surface area contributed by atoms with Crippen molar-refractivity contribution in [3.05, 3.63) is 0 Å². The summed E-state index contributed by atoms with van der Waals surface area (Å²) in [6.07, 6.45) is 33.2. The van der Waals surface area contributed by atoms with Crippen LogP contribution in [0.3, 0.4) is 0 Å². The van der Waals surface area contributed by atoms with Crippen LogP contribution in [0.15, 0.2) is 0 Å². The van der Waals surface area contributed by atoms with Gasteiger partial charge in [0.25, 0.3) is 0 Å². The maximum Gasteiger partial charge on any atom is 0.222 e. The SMILES string of the molecule is CCCCCCCCCCCCCCCCCCCCCCCC(=O)NCCOCCOCCOCCC(=O)NCCCCC. The van der Waals surface area contributed by atoms with Crippen molar-refractivity contribution < 1.29 is 23.8 Å². The Morgan fingerprint density at radius 2 is 0.689 bits per heavy atom. The largest absolute Gasteiger partial charge is 0.379 e. The summed E-state index contributed by atoms with van der Waals surface area (Å²) in [6.45, 7) is 8.59. The van der Waals surface area contributed by atoms with Gasteiger partial charge < -0.3 is 24.8 Å². The van der Waals surface area contributed by atoms with E-state index in [1.165, 1.54) is 122 Å². The summed E-state index contributed by atoms with van der Waals surface area (Å²) in [5.41, 5.74) is 0. The molecular weight excluding hydrogens is 564 g/mol. The van der Waals surface area contributed by atoms with E-state index in [2.05, 4.69) is 24.5 Å². The lowest BCUT2D eigenvalue weighted by atomic mass is 10.0. The molecule has 0 spiro atoms. The summed E-state index contributed by atoms with van der Waals surface area (Å²) in [4.78, 5) is 23.6. The van der Waals surface area contributed by atoms with Crippen molar-refractivity contribution >= 4 is 11.8 Å². The number of hydrogen-bond donors (Lipinski definition) is 2. The quantitative estimate of drug-likeness (QED) is 0.0657. The maximum absolute atomic E-state index is 12.0. The van der Waals surface area contributed by atoms with Gasteiger partial charge in [0.05, 0.1) is 39.6 Å². The van der Waals surface area contributed by atoms with Crippen LogP contribution in [0, 0.1) is 0 Å². The Hall–Kier alpha value is -1.18. The summed E-state index contributed by atoms with van der Waals surface area (Å²) in [5.74, 6) is 0.169. The molecule has 0 fully saturated rings. The van der Waals surface area contributed by atoms with Gasteiger partial charge in [-0.05, 0) is 12.8 Å². The van der Waals surface area contributed by atoms with Gasteiger partial charge in [-0.3, -0.25) is 9.59 Å². The topological polar surface area (TPSA) is 85.9 Å². The Morgan fingerprint density at radius 1 is 0.356 bits per heavy atom. The Bertz CT molecular complexity index is 605. The van der Waals surface area contributed by atoms with Gasteiger partial charge >= 0.3 is 0 Å². The molecule has 7 nitrogen and oxygen atoms in total. The molecule has 0 aliphatic heterocycles. The van der Waals surface area contributed by atoms with Crippen molar-refractivity contribution in [3.63, 3.8) is 0 Å². The minimum absolute atomic E-state index is 0.0448. The third-order valence-corrected chi connectivity index (χ3v) is 8.40. The lowest BCUT2D eigenvalue weighted by Gasteiger charge is -2.08. The molecule has 0 saturated heterocycles. The summed E-state index contributed by atoms with van der Waals surface area (Å²) < 4.78 is 16.4. The number of hydrogen-bond acceptors (Lipinski definition) is 5. The number of amides is 2. The fourth-order valence-corrected chi connectivity index (χ4v) is 5.47. The van der Waals surface area contributed by atoms with Gasteiger partial charge in [-0.1, -0.05) is 155 Å². The highest BCUT2D eigenvalue weighted by Crippen LogP contribution is 2.15. The average Bonchev–Trinajstić information content (AvgIpc) is 3.04. The molecule has 0 radical (unpaired) electrons. The molecule has 0 saturated carbocycles. The van der Waals surface area contributed by atoms with Crippen LogP contribution in [0.2, 0.25) is 0 Å². The first kappa shape index (κ1) is 43.8. The molecule has 0 heterocycles. The molecular formula is C38H76N2O5. The molecule has 0 unspecified atom stereocenters. The zero-order chi connectivity index (χ0) is 32.7. The molecule has 0 aromatic carbocycles. The average molecular weight is 641 g/mol. The minimum atomic E-state index is 0.0448. The number of rotatable bonds is 38. The molecule has 0 aromatic rings. The van der Waals surface area contributed by atoms with Crippen LogP contribution in [0.1, 0.15) is 181 Å². The number of carbonyl (C=O) groups excluding carboxylic acids is 2. The van der Waals surface area contributed by atoms with Gasteiger partial charge in [-0.15, -0.1) is 0 Å². The molecule has 0 aliphatic carbocycles. The normalized spacial score (nSPS) is 11.2. The van der Waals surface area contributed by atoms with E-state index in [0.29, 0.717) is 59.0 Å². The van der Waals surface area contributed by atoms with Gasteiger partial charge in [-0.2, -0.15) is 0 Å². The van der Waals surface area contributed by atoms with Gasteiger partial charge in [0.2, 0.25) is 11.8 Å². The lowest BCUT2D eigenvalue weighted by molar-refractivity contribution is -0.122. The van der Waals surface area contributed by atoms with E-state index in [9.17, 15) is 9.59 Å². The number of nitrogens with one attached hydrogen (secondary N) is 2. The second-order valence-electron chi connectivity index (χ2n) is 12.8. The van der Waals surface area contributed by atoms with Gasteiger partial charge in [0, 0.05) is 25.9 Å². The first-order valence-corrected chi connectivity index (χ1v) is 19.5. The predicted octanol–water partition coefficient (Wildman–Crippen LogP) is 9.45. The second kappa shape index (κ2) is 39.0. The Balaban J connectivity index is 3.19. The Labute approximate surface area is 279 Å². The molecule has 45 heavy (non-hydrogen) atoms. The smallest absolute Gasteiger partial charge is 0.222 e. The summed E-state index contributed by atoms with van der Waals surface area (Å²) in [6, 6.07) is 0. The van der Waals surface area contributed by atoms with Crippen molar-refractivity contribution in [3.8, 4) is 0 Å². The third-order valence-electron chi connectivity index (χ3n) is 8.40. The van der Waals surface area contributed by atoms with Gasteiger partial charge in [0.1, 0.15) is 0 Å². The first-order chi connectivity index (χ1) is 22.2. The van der Waals surface area contributed by atoms with Crippen LogP contribution in [0.5, 0.6) is 0 Å². The van der Waals surface area contributed by atoms with E-state index in [4.69, 9.17) is 14.2 Å². The van der Waals surface area contributed by atoms with E-state index < -0.39 is 0 Å². The molecule has 268 valence electrons. The van der Waals surface area contributed by atoms with Crippen LogP contribution < -0.4 is 10.6 Å². The maximum atomic E-state index is 12.0. The van der Waals surface area contributed by atoms with Crippen molar-refractivity contribution in [1.82, 2.24) is 10.6 Å². The molecule has 0 atom stereocenters. The third kappa shape index (κ3) is 38.9. The van der Waals surface area contributed by atoms with Crippen LogP contribution in [-0.4, -0.2) is 64.5 Å². The van der Waals surface area contributed by atoms with Crippen molar-refractivity contribution in [2.75, 3.05) is 52.7 Å². The lowest BCUT2D eigenvalue weighted by Crippen LogP contribution is -2.27. The Kier molecular flexibility index (Phi) is 38.0. The zero-order valence-electron chi connectivity index (χ0n) is 30.1. The van der Waals surface area contributed by atoms with E-state index in [0.717, 1.165) is 38.6 Å². The van der Waals surface area contributed by atoms with Crippen molar-refractivity contribution in [2.24, 2.45) is 0 Å². The van der Waals surface area contributed by atoms with Crippen LogP contribution in [-0.2, 0) is 23.8 Å². The van der Waals surface area contributed by atoms with Crippen LogP contribution in [0.4, 0.5) is 0 Å². The van der Waals surface area contributed by atoms with Gasteiger partial charge in [0.15, 0.2) is 0 Å². The summed E-state index contributed by atoms with van der Waals surface area (Å²) >= 11 is 0. The number of carbonyl (C=O) groups is 2. The Morgan fingerprint density at radius 3 is 1.16 bits per heavy atom. The molecule has 7 heteroatoms. The molecule has 2 amide bonds. The summed E-state index contributed by atoms with van der Waals surface area (Å²) in [5, 5.41) is 5.84. The summed E-state index contributed by atoms with van der Waals surface area (Å²) in [7, 11) is 0. The molecule has 0 rings (SSSR count). The highest BCUT2D eigenvalue weighted by molar-refractivity contribution is 5.76. The monoisotopic (exact) mass is 641 g/mol. The highest BCUT2D eigenvalue weighted by Gasteiger charge is 2.02.